The monoisotopic (exact) mass is 225 g/mol. The number of carbonyl (C=O) groups excluding carboxylic acids is 1. The molecule has 1 atom stereocenters. The first-order valence-electron chi connectivity index (χ1n) is 4.97. The highest BCUT2D eigenvalue weighted by Crippen LogP contribution is 2.34. The van der Waals surface area contributed by atoms with Crippen LogP contribution in [0.4, 0.5) is 5.69 Å². The zero-order valence-corrected chi connectivity index (χ0v) is 10.1. The molecule has 0 spiro atoms. The number of hydrogen-bond donors (Lipinski definition) is 0. The van der Waals surface area contributed by atoms with Crippen LogP contribution in [-0.4, -0.2) is 20.4 Å². The fourth-order valence-electron chi connectivity index (χ4n) is 1.67. The van der Waals surface area contributed by atoms with Gasteiger partial charge in [-0.1, -0.05) is 24.6 Å². The fourth-order valence-corrected chi connectivity index (χ4v) is 2.02. The van der Waals surface area contributed by atoms with Gasteiger partial charge in [0.1, 0.15) is 6.29 Å². The molecule has 1 aromatic carbocycles. The van der Waals surface area contributed by atoms with Gasteiger partial charge in [-0.15, -0.1) is 0 Å². The highest BCUT2D eigenvalue weighted by molar-refractivity contribution is 6.31. The summed E-state index contributed by atoms with van der Waals surface area (Å²) in [7, 11) is 3.95. The molecule has 1 rings (SSSR count). The third-order valence-corrected chi connectivity index (χ3v) is 2.78. The van der Waals surface area contributed by atoms with Crippen molar-refractivity contribution in [2.45, 2.75) is 19.3 Å². The first-order chi connectivity index (χ1) is 7.07. The SMILES string of the molecule is CC(CC=O)c1c(Cl)cccc1N(C)C. The Labute approximate surface area is 95.8 Å². The molecular weight excluding hydrogens is 210 g/mol. The summed E-state index contributed by atoms with van der Waals surface area (Å²) in [5.74, 6) is 0.161. The van der Waals surface area contributed by atoms with Gasteiger partial charge >= 0.3 is 0 Å². The quantitative estimate of drug-likeness (QED) is 0.734. The lowest BCUT2D eigenvalue weighted by molar-refractivity contribution is -0.108. The number of hydrogen-bond acceptors (Lipinski definition) is 2. The normalized spacial score (nSPS) is 12.3. The van der Waals surface area contributed by atoms with Gasteiger partial charge in [0.15, 0.2) is 0 Å². The minimum absolute atomic E-state index is 0.161. The summed E-state index contributed by atoms with van der Waals surface area (Å²) in [5, 5.41) is 0.732. The smallest absolute Gasteiger partial charge is 0.120 e. The first-order valence-corrected chi connectivity index (χ1v) is 5.35. The van der Waals surface area contributed by atoms with Crippen molar-refractivity contribution in [2.24, 2.45) is 0 Å². The Bertz CT molecular complexity index is 349. The zero-order valence-electron chi connectivity index (χ0n) is 9.33. The summed E-state index contributed by atoms with van der Waals surface area (Å²) >= 11 is 6.16. The number of benzene rings is 1. The molecule has 0 heterocycles. The molecule has 0 saturated heterocycles. The average molecular weight is 226 g/mol. The number of carbonyl (C=O) groups is 1. The molecule has 1 aromatic rings. The Hall–Kier alpha value is -1.02. The lowest BCUT2D eigenvalue weighted by Crippen LogP contribution is -2.13. The van der Waals surface area contributed by atoms with E-state index in [2.05, 4.69) is 0 Å². The van der Waals surface area contributed by atoms with Gasteiger partial charge in [0, 0.05) is 31.2 Å². The van der Waals surface area contributed by atoms with Crippen LogP contribution in [0.25, 0.3) is 0 Å². The highest BCUT2D eigenvalue weighted by atomic mass is 35.5. The Balaban J connectivity index is 3.17. The molecule has 0 aliphatic carbocycles. The Morgan fingerprint density at radius 1 is 1.47 bits per heavy atom. The van der Waals surface area contributed by atoms with Crippen LogP contribution in [0.2, 0.25) is 5.02 Å². The third-order valence-electron chi connectivity index (χ3n) is 2.45. The Morgan fingerprint density at radius 2 is 2.13 bits per heavy atom. The van der Waals surface area contributed by atoms with Gasteiger partial charge in [-0.05, 0) is 23.6 Å². The topological polar surface area (TPSA) is 20.3 Å². The lowest BCUT2D eigenvalue weighted by atomic mass is 9.96. The lowest BCUT2D eigenvalue weighted by Gasteiger charge is -2.21. The van der Waals surface area contributed by atoms with E-state index < -0.39 is 0 Å². The van der Waals surface area contributed by atoms with E-state index in [9.17, 15) is 4.79 Å². The van der Waals surface area contributed by atoms with Crippen LogP contribution in [-0.2, 0) is 4.79 Å². The van der Waals surface area contributed by atoms with E-state index in [-0.39, 0.29) is 5.92 Å². The highest BCUT2D eigenvalue weighted by Gasteiger charge is 2.14. The second kappa shape index (κ2) is 5.17. The van der Waals surface area contributed by atoms with Gasteiger partial charge in [-0.3, -0.25) is 0 Å². The van der Waals surface area contributed by atoms with Crippen LogP contribution in [0.3, 0.4) is 0 Å². The summed E-state index contributed by atoms with van der Waals surface area (Å²) in [5.41, 5.74) is 2.13. The summed E-state index contributed by atoms with van der Waals surface area (Å²) in [4.78, 5) is 12.5. The molecule has 15 heavy (non-hydrogen) atoms. The van der Waals surface area contributed by atoms with Crippen molar-refractivity contribution in [3.05, 3.63) is 28.8 Å². The van der Waals surface area contributed by atoms with E-state index in [4.69, 9.17) is 11.6 Å². The van der Waals surface area contributed by atoms with Gasteiger partial charge in [-0.25, -0.2) is 0 Å². The number of anilines is 1. The molecule has 0 aliphatic rings. The average Bonchev–Trinajstić information content (AvgIpc) is 2.17. The zero-order chi connectivity index (χ0) is 11.4. The van der Waals surface area contributed by atoms with Crippen LogP contribution >= 0.6 is 11.6 Å². The molecule has 0 radical (unpaired) electrons. The molecule has 0 aliphatic heterocycles. The molecule has 0 aromatic heterocycles. The summed E-state index contributed by atoms with van der Waals surface area (Å²) in [6.07, 6.45) is 1.44. The fraction of sp³-hybridized carbons (Fsp3) is 0.417. The van der Waals surface area contributed by atoms with Crippen LogP contribution < -0.4 is 4.90 Å². The summed E-state index contributed by atoms with van der Waals surface area (Å²) in [6, 6.07) is 5.81. The molecule has 0 N–H and O–H groups in total. The van der Waals surface area contributed by atoms with Gasteiger partial charge in [0.25, 0.3) is 0 Å². The van der Waals surface area contributed by atoms with Crippen LogP contribution in [0.1, 0.15) is 24.8 Å². The minimum Gasteiger partial charge on any atom is -0.377 e. The second-order valence-corrected chi connectivity index (χ2v) is 4.28. The number of aldehydes is 1. The van der Waals surface area contributed by atoms with Crippen molar-refractivity contribution in [3.63, 3.8) is 0 Å². The van der Waals surface area contributed by atoms with E-state index in [1.165, 1.54) is 0 Å². The number of nitrogens with zero attached hydrogens (tertiary/aromatic N) is 1. The Kier molecular flexibility index (Phi) is 4.15. The maximum absolute atomic E-state index is 10.5. The first kappa shape index (κ1) is 12.1. The van der Waals surface area contributed by atoms with Crippen molar-refractivity contribution in [2.75, 3.05) is 19.0 Å². The van der Waals surface area contributed by atoms with Crippen LogP contribution in [0, 0.1) is 0 Å². The van der Waals surface area contributed by atoms with Crippen LogP contribution in [0.5, 0.6) is 0 Å². The van der Waals surface area contributed by atoms with E-state index in [1.807, 2.05) is 44.1 Å². The Morgan fingerprint density at radius 3 is 2.67 bits per heavy atom. The molecular formula is C12H16ClNO. The predicted molar refractivity (Wildman–Crippen MR) is 64.9 cm³/mol. The van der Waals surface area contributed by atoms with Gasteiger partial charge in [-0.2, -0.15) is 0 Å². The number of halogens is 1. The molecule has 0 bridgehead atoms. The van der Waals surface area contributed by atoms with Crippen molar-refractivity contribution >= 4 is 23.6 Å². The maximum Gasteiger partial charge on any atom is 0.120 e. The molecule has 2 nitrogen and oxygen atoms in total. The van der Waals surface area contributed by atoms with Crippen molar-refractivity contribution in [1.29, 1.82) is 0 Å². The van der Waals surface area contributed by atoms with Gasteiger partial charge in [0.2, 0.25) is 0 Å². The van der Waals surface area contributed by atoms with Crippen molar-refractivity contribution in [3.8, 4) is 0 Å². The summed E-state index contributed by atoms with van der Waals surface area (Å²) in [6.45, 7) is 2.02. The predicted octanol–water partition coefficient (Wildman–Crippen LogP) is 3.10. The molecule has 0 saturated carbocycles. The van der Waals surface area contributed by atoms with Crippen molar-refractivity contribution in [1.82, 2.24) is 0 Å². The molecule has 0 amide bonds. The molecule has 3 heteroatoms. The third kappa shape index (κ3) is 2.72. The van der Waals surface area contributed by atoms with E-state index >= 15 is 0 Å². The van der Waals surface area contributed by atoms with E-state index in [0.717, 1.165) is 22.6 Å². The maximum atomic E-state index is 10.5. The van der Waals surface area contributed by atoms with E-state index in [1.54, 1.807) is 0 Å². The van der Waals surface area contributed by atoms with Gasteiger partial charge < -0.3 is 9.69 Å². The van der Waals surface area contributed by atoms with Crippen molar-refractivity contribution < 1.29 is 4.79 Å². The van der Waals surface area contributed by atoms with Gasteiger partial charge in [0.05, 0.1) is 0 Å². The minimum atomic E-state index is 0.161. The number of rotatable bonds is 4. The molecule has 1 unspecified atom stereocenters. The van der Waals surface area contributed by atoms with Crippen LogP contribution in [0.15, 0.2) is 18.2 Å². The molecule has 0 fully saturated rings. The standard InChI is InChI=1S/C12H16ClNO/c1-9(7-8-15)12-10(13)5-4-6-11(12)14(2)3/h4-6,8-9H,7H2,1-3H3. The largest absolute Gasteiger partial charge is 0.377 e. The second-order valence-electron chi connectivity index (χ2n) is 3.87. The molecule has 82 valence electrons. The summed E-state index contributed by atoms with van der Waals surface area (Å²) < 4.78 is 0. The van der Waals surface area contributed by atoms with E-state index in [0.29, 0.717) is 6.42 Å².